The predicted octanol–water partition coefficient (Wildman–Crippen LogP) is 5.74. The first-order valence-corrected chi connectivity index (χ1v) is 9.99. The lowest BCUT2D eigenvalue weighted by molar-refractivity contribution is 0.0922. The van der Waals surface area contributed by atoms with E-state index in [0.29, 0.717) is 34.4 Å². The number of amides is 1. The van der Waals surface area contributed by atoms with Gasteiger partial charge in [-0.3, -0.25) is 4.79 Å². The average Bonchev–Trinajstić information content (AvgIpc) is 3.12. The number of furan rings is 1. The molecule has 0 saturated heterocycles. The van der Waals surface area contributed by atoms with E-state index in [-0.39, 0.29) is 17.5 Å². The molecule has 0 atom stereocenters. The predicted molar refractivity (Wildman–Crippen MR) is 107 cm³/mol. The van der Waals surface area contributed by atoms with Crippen molar-refractivity contribution in [3.8, 4) is 0 Å². The maximum atomic E-state index is 13.8. The first-order valence-electron chi connectivity index (χ1n) is 8.46. The second-order valence-corrected chi connectivity index (χ2v) is 7.52. The Morgan fingerprint density at radius 1 is 1.11 bits per heavy atom. The molecular formula is C21H19ClFNO2S. The number of hydrogen-bond donors (Lipinski definition) is 1. The van der Waals surface area contributed by atoms with Gasteiger partial charge >= 0.3 is 0 Å². The highest BCUT2D eigenvalue weighted by molar-refractivity contribution is 7.97. The molecule has 3 nitrogen and oxygen atoms in total. The van der Waals surface area contributed by atoms with E-state index in [9.17, 15) is 9.18 Å². The normalized spacial score (nSPS) is 10.8. The third-order valence-electron chi connectivity index (χ3n) is 4.01. The molecule has 2 aromatic carbocycles. The van der Waals surface area contributed by atoms with Gasteiger partial charge in [-0.1, -0.05) is 47.5 Å². The molecule has 0 radical (unpaired) electrons. The molecule has 3 aromatic rings. The van der Waals surface area contributed by atoms with Gasteiger partial charge in [0, 0.05) is 22.9 Å². The van der Waals surface area contributed by atoms with Gasteiger partial charge in [0.15, 0.2) is 5.76 Å². The molecule has 140 valence electrons. The van der Waals surface area contributed by atoms with Crippen LogP contribution in [0.1, 0.15) is 33.0 Å². The van der Waals surface area contributed by atoms with Gasteiger partial charge in [0.25, 0.3) is 5.91 Å². The molecule has 0 aliphatic rings. The summed E-state index contributed by atoms with van der Waals surface area (Å²) in [5.41, 5.74) is 2.68. The summed E-state index contributed by atoms with van der Waals surface area (Å²) >= 11 is 7.50. The molecule has 0 saturated carbocycles. The van der Waals surface area contributed by atoms with Crippen LogP contribution in [0.2, 0.25) is 5.02 Å². The molecule has 0 aliphatic carbocycles. The van der Waals surface area contributed by atoms with E-state index in [0.717, 1.165) is 5.56 Å². The molecule has 0 bridgehead atoms. The van der Waals surface area contributed by atoms with Gasteiger partial charge in [-0.25, -0.2) is 4.39 Å². The zero-order valence-corrected chi connectivity index (χ0v) is 16.4. The van der Waals surface area contributed by atoms with Crippen molar-refractivity contribution >= 4 is 29.3 Å². The lowest BCUT2D eigenvalue weighted by Gasteiger charge is -2.05. The number of aryl methyl sites for hydroxylation is 1. The van der Waals surface area contributed by atoms with Crippen molar-refractivity contribution in [3.63, 3.8) is 0 Å². The second-order valence-electron chi connectivity index (χ2n) is 6.13. The Morgan fingerprint density at radius 3 is 2.63 bits per heavy atom. The minimum Gasteiger partial charge on any atom is -0.455 e. The zero-order chi connectivity index (χ0) is 19.2. The van der Waals surface area contributed by atoms with Crippen molar-refractivity contribution in [1.29, 1.82) is 0 Å². The van der Waals surface area contributed by atoms with Crippen LogP contribution < -0.4 is 5.32 Å². The van der Waals surface area contributed by atoms with Crippen LogP contribution >= 0.6 is 23.4 Å². The standard InChI is InChI=1S/C21H19ClFNO2S/c1-14-5-7-15(8-6-14)11-24-21(25)20-10-9-16(26-20)12-27-13-17-18(22)3-2-4-19(17)23/h2-10H,11-13H2,1H3,(H,24,25). The largest absolute Gasteiger partial charge is 0.455 e. The Bertz CT molecular complexity index is 904. The monoisotopic (exact) mass is 403 g/mol. The van der Waals surface area contributed by atoms with Crippen LogP contribution in [-0.2, 0) is 18.1 Å². The number of benzene rings is 2. The van der Waals surface area contributed by atoms with Crippen LogP contribution in [0, 0.1) is 12.7 Å². The van der Waals surface area contributed by atoms with E-state index < -0.39 is 0 Å². The number of nitrogens with one attached hydrogen (secondary N) is 1. The van der Waals surface area contributed by atoms with Crippen LogP contribution in [-0.4, -0.2) is 5.91 Å². The van der Waals surface area contributed by atoms with Gasteiger partial charge in [-0.15, -0.1) is 11.8 Å². The highest BCUT2D eigenvalue weighted by atomic mass is 35.5. The Hall–Kier alpha value is -2.24. The maximum absolute atomic E-state index is 13.8. The molecule has 6 heteroatoms. The minimum absolute atomic E-state index is 0.260. The number of rotatable bonds is 7. The van der Waals surface area contributed by atoms with Gasteiger partial charge in [0.2, 0.25) is 0 Å². The Morgan fingerprint density at radius 2 is 1.89 bits per heavy atom. The average molecular weight is 404 g/mol. The fraction of sp³-hybridized carbons (Fsp3) is 0.190. The summed E-state index contributed by atoms with van der Waals surface area (Å²) in [4.78, 5) is 12.2. The third kappa shape index (κ3) is 5.37. The summed E-state index contributed by atoms with van der Waals surface area (Å²) in [6.07, 6.45) is 0. The minimum atomic E-state index is -0.314. The zero-order valence-electron chi connectivity index (χ0n) is 14.8. The topological polar surface area (TPSA) is 42.2 Å². The van der Waals surface area contributed by atoms with E-state index in [4.69, 9.17) is 16.0 Å². The Kier molecular flexibility index (Phi) is 6.58. The van der Waals surface area contributed by atoms with E-state index >= 15 is 0 Å². The Balaban J connectivity index is 1.50. The fourth-order valence-corrected chi connectivity index (χ4v) is 3.74. The molecule has 1 N–H and O–H groups in total. The first kappa shape index (κ1) is 19.5. The lowest BCUT2D eigenvalue weighted by atomic mass is 10.1. The van der Waals surface area contributed by atoms with Gasteiger partial charge in [0.05, 0.1) is 5.75 Å². The first-order chi connectivity index (χ1) is 13.0. The lowest BCUT2D eigenvalue weighted by Crippen LogP contribution is -2.22. The van der Waals surface area contributed by atoms with Crippen LogP contribution in [0.5, 0.6) is 0 Å². The maximum Gasteiger partial charge on any atom is 0.287 e. The summed E-state index contributed by atoms with van der Waals surface area (Å²) in [5.74, 6) is 1.31. The van der Waals surface area contributed by atoms with Crippen molar-refractivity contribution in [2.45, 2.75) is 25.0 Å². The SMILES string of the molecule is Cc1ccc(CNC(=O)c2ccc(CSCc3c(F)cccc3Cl)o2)cc1. The number of carbonyl (C=O) groups is 1. The number of carbonyl (C=O) groups excluding carboxylic acids is 1. The van der Waals surface area contributed by atoms with Crippen LogP contribution in [0.4, 0.5) is 4.39 Å². The van der Waals surface area contributed by atoms with Crippen molar-refractivity contribution in [2.75, 3.05) is 0 Å². The summed E-state index contributed by atoms with van der Waals surface area (Å²) in [5, 5.41) is 3.25. The molecule has 27 heavy (non-hydrogen) atoms. The molecule has 1 amide bonds. The molecule has 1 heterocycles. The molecular weight excluding hydrogens is 385 g/mol. The van der Waals surface area contributed by atoms with Crippen LogP contribution in [0.15, 0.2) is 59.0 Å². The quantitative estimate of drug-likeness (QED) is 0.546. The summed E-state index contributed by atoms with van der Waals surface area (Å²) in [6.45, 7) is 2.46. The van der Waals surface area contributed by atoms with Gasteiger partial charge < -0.3 is 9.73 Å². The van der Waals surface area contributed by atoms with E-state index in [1.807, 2.05) is 31.2 Å². The number of halogens is 2. The van der Waals surface area contributed by atoms with E-state index in [1.165, 1.54) is 23.4 Å². The number of thioether (sulfide) groups is 1. The molecule has 1 aromatic heterocycles. The van der Waals surface area contributed by atoms with Crippen LogP contribution in [0.3, 0.4) is 0 Å². The summed E-state index contributed by atoms with van der Waals surface area (Å²) in [6, 6.07) is 16.0. The smallest absolute Gasteiger partial charge is 0.287 e. The second kappa shape index (κ2) is 9.11. The van der Waals surface area contributed by atoms with Crippen molar-refractivity contribution in [3.05, 3.63) is 93.6 Å². The highest BCUT2D eigenvalue weighted by Gasteiger charge is 2.12. The summed E-state index contributed by atoms with van der Waals surface area (Å²) in [7, 11) is 0. The van der Waals surface area contributed by atoms with Crippen LogP contribution in [0.25, 0.3) is 0 Å². The van der Waals surface area contributed by atoms with Gasteiger partial charge in [-0.2, -0.15) is 0 Å². The Labute approximate surface area is 166 Å². The van der Waals surface area contributed by atoms with Gasteiger partial charge in [-0.05, 0) is 36.8 Å². The highest BCUT2D eigenvalue weighted by Crippen LogP contribution is 2.26. The molecule has 0 aliphatic heterocycles. The van der Waals surface area contributed by atoms with Crippen molar-refractivity contribution in [1.82, 2.24) is 5.32 Å². The summed E-state index contributed by atoms with van der Waals surface area (Å²) < 4.78 is 19.4. The fourth-order valence-electron chi connectivity index (χ4n) is 2.48. The molecule has 0 fully saturated rings. The molecule has 0 spiro atoms. The van der Waals surface area contributed by atoms with Crippen molar-refractivity contribution < 1.29 is 13.6 Å². The number of hydrogen-bond acceptors (Lipinski definition) is 3. The van der Waals surface area contributed by atoms with Gasteiger partial charge in [0.1, 0.15) is 11.6 Å². The van der Waals surface area contributed by atoms with E-state index in [2.05, 4.69) is 5.32 Å². The third-order valence-corrected chi connectivity index (χ3v) is 5.35. The molecule has 3 rings (SSSR count). The van der Waals surface area contributed by atoms with E-state index in [1.54, 1.807) is 24.3 Å². The molecule has 0 unspecified atom stereocenters. The van der Waals surface area contributed by atoms with Crippen molar-refractivity contribution in [2.24, 2.45) is 0 Å².